The Kier molecular flexibility index (Phi) is 10.3. The molecule has 0 aliphatic heterocycles. The number of carbonyl (C=O) groups excluding carboxylic acids is 1. The highest BCUT2D eigenvalue weighted by Gasteiger charge is 2.40. The first-order valence-corrected chi connectivity index (χ1v) is 14.8. The molecule has 212 valence electrons. The molecule has 1 aliphatic rings. The van der Waals surface area contributed by atoms with Gasteiger partial charge in [0.05, 0.1) is 18.2 Å². The van der Waals surface area contributed by atoms with Gasteiger partial charge in [-0.25, -0.2) is 0 Å². The number of amides is 1. The topological polar surface area (TPSA) is 68.7 Å². The molecule has 2 aromatic carbocycles. The van der Waals surface area contributed by atoms with Crippen LogP contribution in [0.25, 0.3) is 11.1 Å². The number of alkyl halides is 3. The van der Waals surface area contributed by atoms with Gasteiger partial charge in [0, 0.05) is 18.8 Å². The van der Waals surface area contributed by atoms with Crippen molar-refractivity contribution in [3.8, 4) is 16.9 Å². The third kappa shape index (κ3) is 7.89. The van der Waals surface area contributed by atoms with Crippen LogP contribution in [0.2, 0.25) is 0 Å². The maximum Gasteiger partial charge on any atom is 0.508 e. The molecule has 0 fully saturated rings. The number of carbonyl (C=O) groups is 1. The van der Waals surface area contributed by atoms with E-state index in [1.54, 1.807) is 42.6 Å². The summed E-state index contributed by atoms with van der Waals surface area (Å²) < 4.78 is 63.9. The van der Waals surface area contributed by atoms with Crippen LogP contribution >= 0.6 is 8.03 Å². The number of hydrogen-bond donors (Lipinski definition) is 0. The van der Waals surface area contributed by atoms with Crippen molar-refractivity contribution in [2.24, 2.45) is 0 Å². The van der Waals surface area contributed by atoms with Crippen molar-refractivity contribution in [3.05, 3.63) is 83.7 Å². The van der Waals surface area contributed by atoms with E-state index in [0.717, 1.165) is 28.9 Å². The second kappa shape index (κ2) is 13.9. The van der Waals surface area contributed by atoms with Crippen LogP contribution in [0.4, 0.5) is 13.2 Å². The highest BCUT2D eigenvalue weighted by molar-refractivity contribution is 7.39. The Morgan fingerprint density at radius 3 is 2.33 bits per heavy atom. The van der Waals surface area contributed by atoms with Crippen molar-refractivity contribution in [1.29, 1.82) is 0 Å². The number of unbranched alkanes of at least 4 members (excludes halogenated alkanes) is 2. The van der Waals surface area contributed by atoms with Crippen molar-refractivity contribution in [2.45, 2.75) is 51.3 Å². The molecule has 0 bridgehead atoms. The van der Waals surface area contributed by atoms with Gasteiger partial charge in [0.25, 0.3) is 0 Å². The summed E-state index contributed by atoms with van der Waals surface area (Å²) in [5.41, 5.74) is 3.74. The van der Waals surface area contributed by atoms with Gasteiger partial charge in [0.1, 0.15) is 18.9 Å². The molecule has 1 aromatic heterocycles. The van der Waals surface area contributed by atoms with Crippen molar-refractivity contribution in [3.63, 3.8) is 0 Å². The van der Waals surface area contributed by atoms with E-state index < -0.39 is 32.6 Å². The lowest BCUT2D eigenvalue weighted by Crippen LogP contribution is -2.42. The molecular formula is C30H33F3N2O4P+. The number of halogens is 3. The van der Waals surface area contributed by atoms with Gasteiger partial charge in [-0.2, -0.15) is 13.2 Å². The highest BCUT2D eigenvalue weighted by atomic mass is 31.1. The largest absolute Gasteiger partial charge is 0.508 e. The Hall–Kier alpha value is -3.29. The van der Waals surface area contributed by atoms with Gasteiger partial charge >= 0.3 is 14.2 Å². The van der Waals surface area contributed by atoms with Gasteiger partial charge in [-0.05, 0) is 52.1 Å². The maximum atomic E-state index is 13.6. The Labute approximate surface area is 233 Å². The summed E-state index contributed by atoms with van der Waals surface area (Å²) in [5.74, 6) is -0.703. The molecule has 40 heavy (non-hydrogen) atoms. The third-order valence-electron chi connectivity index (χ3n) is 6.69. The number of rotatable bonds is 14. The normalized spacial score (nSPS) is 13.1. The molecule has 4 rings (SSSR count). The predicted molar refractivity (Wildman–Crippen MR) is 147 cm³/mol. The van der Waals surface area contributed by atoms with Crippen LogP contribution in [-0.4, -0.2) is 47.8 Å². The molecule has 6 nitrogen and oxygen atoms in total. The second-order valence-electron chi connectivity index (χ2n) is 9.70. The number of pyridine rings is 1. The molecule has 0 N–H and O–H groups in total. The zero-order chi connectivity index (χ0) is 28.5. The van der Waals surface area contributed by atoms with Crippen LogP contribution in [0, 0.1) is 0 Å². The monoisotopic (exact) mass is 573 g/mol. The zero-order valence-electron chi connectivity index (χ0n) is 22.4. The quantitative estimate of drug-likeness (QED) is 0.148. The molecule has 0 spiro atoms. The minimum absolute atomic E-state index is 0.0410. The van der Waals surface area contributed by atoms with Crippen LogP contribution in [0.1, 0.15) is 55.3 Å². The Morgan fingerprint density at radius 1 is 1.00 bits per heavy atom. The van der Waals surface area contributed by atoms with Gasteiger partial charge in [-0.3, -0.25) is 9.78 Å². The third-order valence-corrected chi connectivity index (χ3v) is 7.79. The van der Waals surface area contributed by atoms with Crippen molar-refractivity contribution < 1.29 is 31.8 Å². The number of ether oxygens (including phenoxy) is 1. The van der Waals surface area contributed by atoms with Crippen molar-refractivity contribution in [2.75, 3.05) is 25.9 Å². The van der Waals surface area contributed by atoms with E-state index in [2.05, 4.69) is 11.9 Å². The maximum absolute atomic E-state index is 13.6. The Balaban J connectivity index is 1.32. The lowest BCUT2D eigenvalue weighted by atomic mass is 9.95. The molecule has 0 saturated heterocycles. The molecular weight excluding hydrogens is 540 g/mol. The number of nitrogens with zero attached hydrogens (tertiary/aromatic N) is 2. The lowest BCUT2D eigenvalue weighted by molar-refractivity contribution is -0.161. The van der Waals surface area contributed by atoms with Crippen molar-refractivity contribution in [1.82, 2.24) is 9.88 Å². The van der Waals surface area contributed by atoms with Gasteiger partial charge < -0.3 is 9.64 Å². The Morgan fingerprint density at radius 2 is 1.68 bits per heavy atom. The van der Waals surface area contributed by atoms with Crippen LogP contribution in [0.5, 0.6) is 5.75 Å². The molecule has 0 saturated carbocycles. The minimum atomic E-state index is -4.54. The van der Waals surface area contributed by atoms with Crippen molar-refractivity contribution >= 4 is 13.9 Å². The minimum Gasteiger partial charge on any atom is -0.493 e. The van der Waals surface area contributed by atoms with E-state index in [1.165, 1.54) is 0 Å². The first-order valence-electron chi connectivity index (χ1n) is 13.5. The molecule has 0 radical (unpaired) electrons. The highest BCUT2D eigenvalue weighted by Crippen LogP contribution is 2.45. The average Bonchev–Trinajstić information content (AvgIpc) is 3.27. The first kappa shape index (κ1) is 29.7. The van der Waals surface area contributed by atoms with Gasteiger partial charge in [0.15, 0.2) is 6.16 Å². The smallest absolute Gasteiger partial charge is 0.493 e. The van der Waals surface area contributed by atoms with E-state index >= 15 is 0 Å². The van der Waals surface area contributed by atoms with E-state index in [4.69, 9.17) is 9.26 Å². The van der Waals surface area contributed by atoms with Crippen LogP contribution in [-0.2, 0) is 20.5 Å². The number of aromatic nitrogens is 1. The SMILES string of the molecule is CCCCOc1ccnc(CO[P+](=O)CCCCN(CC(F)(F)F)C(=O)C2c3ccccc3-c3ccccc32)c1. The summed E-state index contributed by atoms with van der Waals surface area (Å²) >= 11 is 0. The molecule has 1 atom stereocenters. The predicted octanol–water partition coefficient (Wildman–Crippen LogP) is 7.50. The summed E-state index contributed by atoms with van der Waals surface area (Å²) in [6.45, 7) is 1.28. The zero-order valence-corrected chi connectivity index (χ0v) is 23.3. The van der Waals surface area contributed by atoms with Crippen LogP contribution < -0.4 is 4.74 Å². The molecule has 1 heterocycles. The van der Waals surface area contributed by atoms with Crippen LogP contribution in [0.15, 0.2) is 66.9 Å². The summed E-state index contributed by atoms with van der Waals surface area (Å²) in [6.07, 6.45) is -0.197. The van der Waals surface area contributed by atoms with E-state index in [1.807, 2.05) is 24.3 Å². The number of hydrogen-bond acceptors (Lipinski definition) is 5. The summed E-state index contributed by atoms with van der Waals surface area (Å²) in [5, 5.41) is 0. The molecule has 1 unspecified atom stereocenters. The summed E-state index contributed by atoms with van der Waals surface area (Å²) in [7, 11) is -2.04. The molecule has 1 aliphatic carbocycles. The number of fused-ring (bicyclic) bond motifs is 3. The summed E-state index contributed by atoms with van der Waals surface area (Å²) in [4.78, 5) is 18.7. The Bertz CT molecular complexity index is 1270. The van der Waals surface area contributed by atoms with Crippen LogP contribution in [0.3, 0.4) is 0 Å². The average molecular weight is 574 g/mol. The second-order valence-corrected chi connectivity index (χ2v) is 11.1. The first-order chi connectivity index (χ1) is 19.3. The standard InChI is InChI=1S/C30H33F3N2O4P/c1-2-3-17-38-23-14-15-34-22(19-23)20-39-40(37)18-9-8-16-35(21-30(31,32)33)29(36)28-26-12-6-4-10-24(26)25-11-5-7-13-27(25)28/h4-7,10-15,19,28H,2-3,8-9,16-18,20-21H2,1H3/q+1. The molecule has 1 amide bonds. The van der Waals surface area contributed by atoms with E-state index in [-0.39, 0.29) is 25.7 Å². The lowest BCUT2D eigenvalue weighted by Gasteiger charge is -2.27. The summed E-state index contributed by atoms with van der Waals surface area (Å²) in [6, 6.07) is 18.1. The fourth-order valence-electron chi connectivity index (χ4n) is 4.79. The van der Waals surface area contributed by atoms with Gasteiger partial charge in [0.2, 0.25) is 5.91 Å². The van der Waals surface area contributed by atoms with Gasteiger partial charge in [-0.15, -0.1) is 4.52 Å². The molecule has 3 aromatic rings. The van der Waals surface area contributed by atoms with E-state index in [9.17, 15) is 22.5 Å². The molecule has 10 heteroatoms. The van der Waals surface area contributed by atoms with E-state index in [0.29, 0.717) is 35.6 Å². The fraction of sp³-hybridized carbons (Fsp3) is 0.400. The number of benzene rings is 2. The fourth-order valence-corrected chi connectivity index (χ4v) is 5.68. The van der Waals surface area contributed by atoms with Gasteiger partial charge in [-0.1, -0.05) is 61.9 Å².